The Labute approximate surface area is 51.5 Å². The molecule has 0 aliphatic heterocycles. The minimum absolute atomic E-state index is 0.849. The third-order valence-corrected chi connectivity index (χ3v) is 1.36. The molecule has 1 radical (unpaired) electrons. The average molecular weight is 112 g/mol. The SMILES string of the molecule is CCC[CH]NC1CC1. The molecule has 1 N–H and O–H groups in total. The monoisotopic (exact) mass is 112 g/mol. The molecule has 0 heterocycles. The van der Waals surface area contributed by atoms with Crippen LogP contribution >= 0.6 is 0 Å². The van der Waals surface area contributed by atoms with Crippen LogP contribution in [0.4, 0.5) is 0 Å². The van der Waals surface area contributed by atoms with Crippen LogP contribution < -0.4 is 5.32 Å². The Balaban J connectivity index is 1.74. The van der Waals surface area contributed by atoms with Gasteiger partial charge in [-0.1, -0.05) is 13.3 Å². The molecule has 1 nitrogen and oxygen atoms in total. The molecule has 1 rings (SSSR count). The van der Waals surface area contributed by atoms with E-state index in [1.54, 1.807) is 0 Å². The van der Waals surface area contributed by atoms with Crippen LogP contribution in [0.2, 0.25) is 0 Å². The molecule has 0 aromatic heterocycles. The number of hydrogen-bond acceptors (Lipinski definition) is 1. The molecule has 1 aliphatic rings. The molecule has 0 atom stereocenters. The number of rotatable bonds is 4. The van der Waals surface area contributed by atoms with E-state index in [0.717, 1.165) is 6.04 Å². The highest BCUT2D eigenvalue weighted by Crippen LogP contribution is 2.18. The number of unbranched alkanes of at least 4 members (excludes halogenated alkanes) is 1. The highest BCUT2D eigenvalue weighted by Gasteiger charge is 2.19. The van der Waals surface area contributed by atoms with Gasteiger partial charge in [-0.05, 0) is 19.3 Å². The molecule has 0 unspecified atom stereocenters. The van der Waals surface area contributed by atoms with Crippen molar-refractivity contribution in [3.8, 4) is 0 Å². The summed E-state index contributed by atoms with van der Waals surface area (Å²) in [4.78, 5) is 0. The number of hydrogen-bond donors (Lipinski definition) is 1. The van der Waals surface area contributed by atoms with Crippen molar-refractivity contribution in [1.82, 2.24) is 5.32 Å². The first-order valence-corrected chi connectivity index (χ1v) is 3.51. The predicted octanol–water partition coefficient (Wildman–Crippen LogP) is 1.70. The normalized spacial score (nSPS) is 19.1. The van der Waals surface area contributed by atoms with E-state index >= 15 is 0 Å². The van der Waals surface area contributed by atoms with Crippen LogP contribution in [0.3, 0.4) is 0 Å². The second-order valence-corrected chi connectivity index (χ2v) is 2.43. The lowest BCUT2D eigenvalue weighted by atomic mass is 10.3. The Morgan fingerprint density at radius 3 is 2.88 bits per heavy atom. The topological polar surface area (TPSA) is 12.0 Å². The Morgan fingerprint density at radius 2 is 2.38 bits per heavy atom. The van der Waals surface area contributed by atoms with Gasteiger partial charge in [0.15, 0.2) is 0 Å². The van der Waals surface area contributed by atoms with E-state index in [1.165, 1.54) is 25.7 Å². The van der Waals surface area contributed by atoms with Crippen LogP contribution in [-0.2, 0) is 0 Å². The van der Waals surface area contributed by atoms with E-state index in [0.29, 0.717) is 0 Å². The quantitative estimate of drug-likeness (QED) is 0.546. The van der Waals surface area contributed by atoms with E-state index in [-0.39, 0.29) is 0 Å². The van der Waals surface area contributed by atoms with Crippen LogP contribution in [-0.4, -0.2) is 6.04 Å². The summed E-state index contributed by atoms with van der Waals surface area (Å²) in [7, 11) is 0. The fourth-order valence-corrected chi connectivity index (χ4v) is 0.644. The Bertz CT molecular complexity index is 57.4. The van der Waals surface area contributed by atoms with Crippen LogP contribution in [0.1, 0.15) is 32.6 Å². The van der Waals surface area contributed by atoms with E-state index in [4.69, 9.17) is 0 Å². The highest BCUT2D eigenvalue weighted by atomic mass is 14.9. The second-order valence-electron chi connectivity index (χ2n) is 2.43. The zero-order chi connectivity index (χ0) is 5.82. The Hall–Kier alpha value is -0.0400. The first-order valence-electron chi connectivity index (χ1n) is 3.51. The van der Waals surface area contributed by atoms with E-state index in [9.17, 15) is 0 Å². The number of nitrogens with one attached hydrogen (secondary N) is 1. The van der Waals surface area contributed by atoms with Crippen molar-refractivity contribution in [1.29, 1.82) is 0 Å². The van der Waals surface area contributed by atoms with E-state index in [2.05, 4.69) is 18.8 Å². The van der Waals surface area contributed by atoms with Gasteiger partial charge in [0, 0.05) is 12.6 Å². The summed E-state index contributed by atoms with van der Waals surface area (Å²) in [6.07, 6.45) is 5.26. The lowest BCUT2D eigenvalue weighted by Crippen LogP contribution is -2.11. The van der Waals surface area contributed by atoms with Crippen LogP contribution in [0.5, 0.6) is 0 Å². The molecule has 1 heteroatoms. The molecule has 0 amide bonds. The fourth-order valence-electron chi connectivity index (χ4n) is 0.644. The molecule has 1 saturated carbocycles. The molecule has 8 heavy (non-hydrogen) atoms. The van der Waals surface area contributed by atoms with Crippen molar-refractivity contribution in [3.63, 3.8) is 0 Å². The molecule has 1 fully saturated rings. The van der Waals surface area contributed by atoms with Crippen molar-refractivity contribution in [2.75, 3.05) is 0 Å². The summed E-state index contributed by atoms with van der Waals surface area (Å²) in [6.45, 7) is 4.39. The van der Waals surface area contributed by atoms with Crippen molar-refractivity contribution < 1.29 is 0 Å². The van der Waals surface area contributed by atoms with Crippen molar-refractivity contribution >= 4 is 0 Å². The molecule has 0 aromatic rings. The van der Waals surface area contributed by atoms with Gasteiger partial charge in [-0.25, -0.2) is 0 Å². The minimum Gasteiger partial charge on any atom is -0.310 e. The summed E-state index contributed by atoms with van der Waals surface area (Å²) in [5.41, 5.74) is 0. The maximum absolute atomic E-state index is 3.33. The largest absolute Gasteiger partial charge is 0.310 e. The van der Waals surface area contributed by atoms with Crippen LogP contribution in [0.15, 0.2) is 0 Å². The van der Waals surface area contributed by atoms with Gasteiger partial charge < -0.3 is 5.32 Å². The summed E-state index contributed by atoms with van der Waals surface area (Å²) < 4.78 is 0. The first-order chi connectivity index (χ1) is 3.93. The van der Waals surface area contributed by atoms with E-state index in [1.807, 2.05) is 0 Å². The molecule has 0 saturated heterocycles. The lowest BCUT2D eigenvalue weighted by Gasteiger charge is -1.96. The van der Waals surface area contributed by atoms with Gasteiger partial charge in [0.1, 0.15) is 0 Å². The maximum atomic E-state index is 3.33. The van der Waals surface area contributed by atoms with Gasteiger partial charge in [-0.2, -0.15) is 0 Å². The van der Waals surface area contributed by atoms with Gasteiger partial charge in [0.2, 0.25) is 0 Å². The van der Waals surface area contributed by atoms with Crippen LogP contribution in [0.25, 0.3) is 0 Å². The summed E-state index contributed by atoms with van der Waals surface area (Å²) in [5, 5.41) is 3.33. The maximum Gasteiger partial charge on any atom is 0.0223 e. The minimum atomic E-state index is 0.849. The third kappa shape index (κ3) is 2.31. The van der Waals surface area contributed by atoms with E-state index < -0.39 is 0 Å². The lowest BCUT2D eigenvalue weighted by molar-refractivity contribution is 0.723. The second kappa shape index (κ2) is 3.08. The smallest absolute Gasteiger partial charge is 0.0223 e. The molecule has 1 aliphatic carbocycles. The summed E-state index contributed by atoms with van der Waals surface area (Å²) in [6, 6.07) is 0.849. The first kappa shape index (κ1) is 6.09. The van der Waals surface area contributed by atoms with Gasteiger partial charge in [0.05, 0.1) is 0 Å². The molecule has 47 valence electrons. The van der Waals surface area contributed by atoms with Crippen LogP contribution in [0, 0.1) is 6.54 Å². The van der Waals surface area contributed by atoms with Gasteiger partial charge in [-0.3, -0.25) is 0 Å². The van der Waals surface area contributed by atoms with Crippen molar-refractivity contribution in [3.05, 3.63) is 6.54 Å². The average Bonchev–Trinajstić information content (AvgIpc) is 2.51. The zero-order valence-electron chi connectivity index (χ0n) is 5.48. The fraction of sp³-hybridized carbons (Fsp3) is 0.857. The molecular weight excluding hydrogens is 98.1 g/mol. The van der Waals surface area contributed by atoms with Gasteiger partial charge in [-0.15, -0.1) is 0 Å². The molecule has 0 bridgehead atoms. The highest BCUT2D eigenvalue weighted by molar-refractivity contribution is 4.83. The Kier molecular flexibility index (Phi) is 2.34. The van der Waals surface area contributed by atoms with Crippen molar-refractivity contribution in [2.24, 2.45) is 0 Å². The summed E-state index contributed by atoms with van der Waals surface area (Å²) >= 11 is 0. The molecular formula is C7H14N. The zero-order valence-corrected chi connectivity index (χ0v) is 5.48. The predicted molar refractivity (Wildman–Crippen MR) is 35.4 cm³/mol. The Morgan fingerprint density at radius 1 is 1.62 bits per heavy atom. The van der Waals surface area contributed by atoms with Gasteiger partial charge in [0.25, 0.3) is 0 Å². The van der Waals surface area contributed by atoms with Crippen molar-refractivity contribution in [2.45, 2.75) is 38.6 Å². The molecule has 0 spiro atoms. The standard InChI is InChI=1S/C7H14N/c1-2-3-6-8-7-4-5-7/h6-8H,2-5H2,1H3. The molecule has 0 aromatic carbocycles. The van der Waals surface area contributed by atoms with Gasteiger partial charge >= 0.3 is 0 Å². The summed E-state index contributed by atoms with van der Waals surface area (Å²) in [5.74, 6) is 0. The third-order valence-electron chi connectivity index (χ3n) is 1.36.